The van der Waals surface area contributed by atoms with Gasteiger partial charge in [0.15, 0.2) is 0 Å². The van der Waals surface area contributed by atoms with Crippen LogP contribution < -0.4 is 10.4 Å². The molecule has 0 unspecified atom stereocenters. The molecule has 10 nitrogen and oxygen atoms in total. The van der Waals surface area contributed by atoms with E-state index in [0.717, 1.165) is 11.9 Å². The van der Waals surface area contributed by atoms with Gasteiger partial charge in [-0.05, 0) is 24.1 Å². The zero-order chi connectivity index (χ0) is 18.7. The van der Waals surface area contributed by atoms with Crippen LogP contribution >= 0.6 is 11.9 Å². The number of nitrogens with one attached hydrogen (secondary N) is 1. The van der Waals surface area contributed by atoms with Crippen LogP contribution in [0.15, 0.2) is 46.2 Å². The van der Waals surface area contributed by atoms with Crippen molar-refractivity contribution in [1.29, 1.82) is 0 Å². The summed E-state index contributed by atoms with van der Waals surface area (Å²) < 4.78 is 9.45. The molecule has 0 bridgehead atoms. The fourth-order valence-corrected chi connectivity index (χ4v) is 3.26. The Kier molecular flexibility index (Phi) is 5.52. The summed E-state index contributed by atoms with van der Waals surface area (Å²) in [5, 5.41) is 29.9. The van der Waals surface area contributed by atoms with Gasteiger partial charge in [0.05, 0.1) is 17.6 Å². The molecule has 26 heavy (non-hydrogen) atoms. The summed E-state index contributed by atoms with van der Waals surface area (Å²) in [5.41, 5.74) is -0.657. The van der Waals surface area contributed by atoms with Gasteiger partial charge < -0.3 is 19.7 Å². The molecule has 1 aromatic carbocycles. The number of anilines is 1. The normalized spacial score (nSPS) is 22.3. The average Bonchev–Trinajstić information content (AvgIpc) is 3.00. The topological polar surface area (TPSA) is 140 Å². The molecule has 0 aliphatic carbocycles. The molecule has 1 saturated heterocycles. The number of rotatable bonds is 6. The second-order valence-electron chi connectivity index (χ2n) is 5.55. The molecule has 3 atom stereocenters. The molecule has 138 valence electrons. The summed E-state index contributed by atoms with van der Waals surface area (Å²) in [5.74, 6) is 0.228. The first kappa shape index (κ1) is 18.3. The third-order valence-corrected chi connectivity index (χ3v) is 4.73. The quantitative estimate of drug-likeness (QED) is 0.379. The van der Waals surface area contributed by atoms with E-state index in [0.29, 0.717) is 4.90 Å². The van der Waals surface area contributed by atoms with Gasteiger partial charge in [-0.2, -0.15) is 4.98 Å². The van der Waals surface area contributed by atoms with E-state index in [1.165, 1.54) is 22.9 Å². The lowest BCUT2D eigenvalue weighted by Crippen LogP contribution is -2.27. The molecule has 0 spiro atoms. The van der Waals surface area contributed by atoms with Gasteiger partial charge in [-0.25, -0.2) is 4.79 Å². The Labute approximate surface area is 151 Å². The van der Waals surface area contributed by atoms with Crippen LogP contribution in [0.1, 0.15) is 12.6 Å². The number of hydrogen-bond acceptors (Lipinski definition) is 9. The predicted octanol–water partition coefficient (Wildman–Crippen LogP) is 0.911. The summed E-state index contributed by atoms with van der Waals surface area (Å²) in [6.07, 6.45) is -0.680. The molecule has 1 aliphatic heterocycles. The SMILES string of the molecule is O=c1nc(NSc2ccccc2[N+](=O)[O-])ccn1[C@H]1C[C@H](O)[C@@H](CO)O1. The zero-order valence-electron chi connectivity index (χ0n) is 13.4. The number of nitro benzene ring substituents is 1. The number of hydrogen-bond donors (Lipinski definition) is 3. The Morgan fingerprint density at radius 3 is 2.85 bits per heavy atom. The largest absolute Gasteiger partial charge is 0.394 e. The second kappa shape index (κ2) is 7.83. The summed E-state index contributed by atoms with van der Waals surface area (Å²) in [6.45, 7) is -0.341. The summed E-state index contributed by atoms with van der Waals surface area (Å²) in [6, 6.07) is 7.72. The maximum atomic E-state index is 12.2. The number of nitro groups is 1. The fourth-order valence-electron chi connectivity index (χ4n) is 2.54. The minimum Gasteiger partial charge on any atom is -0.394 e. The van der Waals surface area contributed by atoms with Crippen LogP contribution in [0.3, 0.4) is 0 Å². The second-order valence-corrected chi connectivity index (χ2v) is 6.39. The molecule has 11 heteroatoms. The van der Waals surface area contributed by atoms with Crippen LogP contribution in [0.4, 0.5) is 11.5 Å². The van der Waals surface area contributed by atoms with Gasteiger partial charge in [-0.15, -0.1) is 0 Å². The molecule has 0 amide bonds. The molecule has 3 rings (SSSR count). The molecule has 0 saturated carbocycles. The van der Waals surface area contributed by atoms with Crippen molar-refractivity contribution >= 4 is 23.5 Å². The lowest BCUT2D eigenvalue weighted by Gasteiger charge is -2.14. The maximum Gasteiger partial charge on any atom is 0.351 e. The van der Waals surface area contributed by atoms with Gasteiger partial charge in [0.1, 0.15) is 23.0 Å². The molecular formula is C15H16N4O6S. The monoisotopic (exact) mass is 380 g/mol. The molecule has 1 aromatic heterocycles. The van der Waals surface area contributed by atoms with E-state index in [-0.39, 0.29) is 24.5 Å². The Morgan fingerprint density at radius 2 is 2.19 bits per heavy atom. The zero-order valence-corrected chi connectivity index (χ0v) is 14.2. The minimum atomic E-state index is -0.858. The fraction of sp³-hybridized carbons (Fsp3) is 0.333. The van der Waals surface area contributed by atoms with Crippen LogP contribution in [0.25, 0.3) is 0 Å². The molecular weight excluding hydrogens is 364 g/mol. The number of aliphatic hydroxyl groups is 2. The Balaban J connectivity index is 1.71. The van der Waals surface area contributed by atoms with E-state index < -0.39 is 29.0 Å². The molecule has 1 fully saturated rings. The lowest BCUT2D eigenvalue weighted by atomic mass is 10.2. The van der Waals surface area contributed by atoms with E-state index in [2.05, 4.69) is 9.71 Å². The Morgan fingerprint density at radius 1 is 1.42 bits per heavy atom. The third-order valence-electron chi connectivity index (χ3n) is 3.85. The predicted molar refractivity (Wildman–Crippen MR) is 92.7 cm³/mol. The first-order valence-corrected chi connectivity index (χ1v) is 8.51. The molecule has 0 radical (unpaired) electrons. The van der Waals surface area contributed by atoms with Crippen molar-refractivity contribution in [2.75, 3.05) is 11.3 Å². The van der Waals surface area contributed by atoms with Crippen LogP contribution in [-0.2, 0) is 4.74 Å². The molecule has 3 N–H and O–H groups in total. The van der Waals surface area contributed by atoms with E-state index in [9.17, 15) is 20.0 Å². The summed E-state index contributed by atoms with van der Waals surface area (Å²) in [7, 11) is 0. The van der Waals surface area contributed by atoms with Gasteiger partial charge >= 0.3 is 5.69 Å². The summed E-state index contributed by atoms with van der Waals surface area (Å²) in [4.78, 5) is 26.9. The molecule has 2 aromatic rings. The van der Waals surface area contributed by atoms with Crippen LogP contribution in [0.5, 0.6) is 0 Å². The summed E-state index contributed by atoms with van der Waals surface area (Å²) >= 11 is 0.973. The van der Waals surface area contributed by atoms with Crippen molar-refractivity contribution in [3.05, 3.63) is 57.1 Å². The highest BCUT2D eigenvalue weighted by atomic mass is 32.2. The van der Waals surface area contributed by atoms with Gasteiger partial charge in [-0.3, -0.25) is 14.7 Å². The van der Waals surface area contributed by atoms with E-state index in [4.69, 9.17) is 9.84 Å². The lowest BCUT2D eigenvalue weighted by molar-refractivity contribution is -0.387. The Hall–Kier alpha value is -2.47. The number of aromatic nitrogens is 2. The van der Waals surface area contributed by atoms with Crippen molar-refractivity contribution in [3.8, 4) is 0 Å². The average molecular weight is 380 g/mol. The highest BCUT2D eigenvalue weighted by molar-refractivity contribution is 8.00. The highest BCUT2D eigenvalue weighted by Crippen LogP contribution is 2.30. The standard InChI is InChI=1S/C15H16N4O6S/c20-8-11-10(21)7-14(25-11)18-6-5-13(16-15(18)22)17-26-12-4-2-1-3-9(12)19(23)24/h1-6,10-11,14,20-21H,7-8H2,(H,16,17,22)/t10-,11+,14+/m0/s1. The Bertz CT molecular complexity index is 860. The van der Waals surface area contributed by atoms with Crippen molar-refractivity contribution < 1.29 is 19.9 Å². The van der Waals surface area contributed by atoms with E-state index >= 15 is 0 Å². The van der Waals surface area contributed by atoms with Crippen molar-refractivity contribution in [2.45, 2.75) is 29.8 Å². The van der Waals surface area contributed by atoms with Gasteiger partial charge in [0.2, 0.25) is 0 Å². The highest BCUT2D eigenvalue weighted by Gasteiger charge is 2.34. The number of nitrogens with zero attached hydrogens (tertiary/aromatic N) is 3. The van der Waals surface area contributed by atoms with Crippen LogP contribution in [-0.4, -0.2) is 43.5 Å². The number of benzene rings is 1. The number of ether oxygens (including phenoxy) is 1. The first-order valence-electron chi connectivity index (χ1n) is 7.69. The van der Waals surface area contributed by atoms with Crippen LogP contribution in [0, 0.1) is 10.1 Å². The van der Waals surface area contributed by atoms with E-state index in [1.807, 2.05) is 0 Å². The van der Waals surface area contributed by atoms with Crippen molar-refractivity contribution in [1.82, 2.24) is 9.55 Å². The van der Waals surface area contributed by atoms with Gasteiger partial charge in [-0.1, -0.05) is 12.1 Å². The van der Waals surface area contributed by atoms with Crippen molar-refractivity contribution in [3.63, 3.8) is 0 Å². The third kappa shape index (κ3) is 3.85. The van der Waals surface area contributed by atoms with E-state index in [1.54, 1.807) is 18.2 Å². The molecule has 2 heterocycles. The number of aliphatic hydroxyl groups excluding tert-OH is 2. The van der Waals surface area contributed by atoms with Crippen LogP contribution in [0.2, 0.25) is 0 Å². The van der Waals surface area contributed by atoms with Gasteiger partial charge in [0, 0.05) is 18.7 Å². The van der Waals surface area contributed by atoms with Crippen molar-refractivity contribution in [2.24, 2.45) is 0 Å². The number of para-hydroxylation sites is 1. The first-order chi connectivity index (χ1) is 12.5. The van der Waals surface area contributed by atoms with Gasteiger partial charge in [0.25, 0.3) is 5.69 Å². The minimum absolute atomic E-state index is 0.0540. The maximum absolute atomic E-state index is 12.2. The molecule has 1 aliphatic rings. The smallest absolute Gasteiger partial charge is 0.351 e.